The van der Waals surface area contributed by atoms with E-state index in [0.29, 0.717) is 23.4 Å². The normalized spacial score (nSPS) is 11.0. The van der Waals surface area contributed by atoms with E-state index in [2.05, 4.69) is 10.6 Å². The van der Waals surface area contributed by atoms with Crippen LogP contribution in [0.4, 0.5) is 5.69 Å². The summed E-state index contributed by atoms with van der Waals surface area (Å²) < 4.78 is 5.87. The number of hydrogen-bond donors (Lipinski definition) is 5. The number of halogens is 1. The van der Waals surface area contributed by atoms with Crippen LogP contribution < -0.4 is 21.1 Å². The fourth-order valence-corrected chi connectivity index (χ4v) is 3.66. The Morgan fingerprint density at radius 2 is 1.51 bits per heavy atom. The van der Waals surface area contributed by atoms with Gasteiger partial charge >= 0.3 is 0 Å². The number of rotatable bonds is 10. The summed E-state index contributed by atoms with van der Waals surface area (Å²) in [7, 11) is 0. The number of nitrogen functional groups attached to an aromatic ring is 1. The van der Waals surface area contributed by atoms with Crippen molar-refractivity contribution in [1.82, 2.24) is 5.32 Å². The first-order chi connectivity index (χ1) is 17.5. The Morgan fingerprint density at radius 3 is 2.14 bits per heavy atom. The highest BCUT2D eigenvalue weighted by Crippen LogP contribution is 2.31. The quantitative estimate of drug-likeness (QED) is 0.147. The Morgan fingerprint density at radius 1 is 0.892 bits per heavy atom. The molecular formula is C29H29ClN4O3. The van der Waals surface area contributed by atoms with Crippen LogP contribution in [0, 0.1) is 5.41 Å². The molecule has 0 saturated heterocycles. The third-order valence-electron chi connectivity index (χ3n) is 5.63. The first-order valence-corrected chi connectivity index (χ1v) is 11.5. The van der Waals surface area contributed by atoms with Crippen molar-refractivity contribution < 1.29 is 14.6 Å². The number of carbonyl (C=O) groups is 1. The van der Waals surface area contributed by atoms with Gasteiger partial charge in [-0.15, -0.1) is 12.4 Å². The molecule has 4 aromatic carbocycles. The lowest BCUT2D eigenvalue weighted by Crippen LogP contribution is -2.33. The zero-order valence-electron chi connectivity index (χ0n) is 20.1. The van der Waals surface area contributed by atoms with E-state index >= 15 is 0 Å². The second-order valence-corrected chi connectivity index (χ2v) is 8.27. The summed E-state index contributed by atoms with van der Waals surface area (Å²) in [5.41, 5.74) is 9.39. The van der Waals surface area contributed by atoms with E-state index in [1.165, 1.54) is 6.07 Å². The summed E-state index contributed by atoms with van der Waals surface area (Å²) in [6.45, 7) is 0.652. The van der Waals surface area contributed by atoms with Gasteiger partial charge < -0.3 is 26.2 Å². The third kappa shape index (κ3) is 7.49. The molecule has 0 bridgehead atoms. The molecule has 6 N–H and O–H groups in total. The van der Waals surface area contributed by atoms with Crippen LogP contribution in [-0.4, -0.2) is 16.8 Å². The number of phenolic OH excluding ortho intramolecular Hbond substituents is 1. The highest BCUT2D eigenvalue weighted by atomic mass is 35.5. The number of amidine groups is 1. The van der Waals surface area contributed by atoms with Crippen LogP contribution in [0.15, 0.2) is 103 Å². The second-order valence-electron chi connectivity index (χ2n) is 8.27. The van der Waals surface area contributed by atoms with Gasteiger partial charge in [-0.25, -0.2) is 0 Å². The van der Waals surface area contributed by atoms with Crippen LogP contribution in [0.25, 0.3) is 0 Å². The van der Waals surface area contributed by atoms with Crippen LogP contribution in [0.2, 0.25) is 0 Å². The summed E-state index contributed by atoms with van der Waals surface area (Å²) >= 11 is 0. The van der Waals surface area contributed by atoms with E-state index in [-0.39, 0.29) is 42.3 Å². The molecule has 1 atom stereocenters. The molecule has 0 aliphatic heterocycles. The van der Waals surface area contributed by atoms with E-state index in [4.69, 9.17) is 15.9 Å². The molecular weight excluding hydrogens is 488 g/mol. The first-order valence-electron chi connectivity index (χ1n) is 11.5. The Balaban J connectivity index is 0.00000380. The smallest absolute Gasteiger partial charge is 0.247 e. The molecule has 0 aliphatic rings. The van der Waals surface area contributed by atoms with Gasteiger partial charge in [0.05, 0.1) is 0 Å². The molecule has 7 nitrogen and oxygen atoms in total. The van der Waals surface area contributed by atoms with E-state index < -0.39 is 6.04 Å². The molecule has 4 rings (SSSR count). The average Bonchev–Trinajstić information content (AvgIpc) is 2.91. The summed E-state index contributed by atoms with van der Waals surface area (Å²) in [4.78, 5) is 13.3. The van der Waals surface area contributed by atoms with E-state index in [0.717, 1.165) is 11.1 Å². The molecule has 0 aliphatic carbocycles. The van der Waals surface area contributed by atoms with Crippen molar-refractivity contribution in [3.63, 3.8) is 0 Å². The molecule has 37 heavy (non-hydrogen) atoms. The van der Waals surface area contributed by atoms with Gasteiger partial charge in [0.2, 0.25) is 5.91 Å². The van der Waals surface area contributed by atoms with Crippen molar-refractivity contribution in [1.29, 1.82) is 5.41 Å². The minimum atomic E-state index is -0.767. The van der Waals surface area contributed by atoms with Crippen LogP contribution in [0.5, 0.6) is 11.5 Å². The molecule has 0 fully saturated rings. The molecule has 0 unspecified atom stereocenters. The minimum absolute atomic E-state index is 0. The lowest BCUT2D eigenvalue weighted by atomic mass is 10.0. The number of anilines is 1. The summed E-state index contributed by atoms with van der Waals surface area (Å²) in [6, 6.07) is 30.4. The maximum atomic E-state index is 13.3. The van der Waals surface area contributed by atoms with Crippen molar-refractivity contribution in [2.24, 2.45) is 5.73 Å². The maximum absolute atomic E-state index is 13.3. The lowest BCUT2D eigenvalue weighted by Gasteiger charge is -2.21. The number of aromatic hydroxyl groups is 1. The van der Waals surface area contributed by atoms with Gasteiger partial charge in [-0.1, -0.05) is 66.7 Å². The van der Waals surface area contributed by atoms with Crippen molar-refractivity contribution in [3.05, 3.63) is 125 Å². The molecule has 190 valence electrons. The minimum Gasteiger partial charge on any atom is -0.504 e. The standard InChI is InChI=1S/C29H28N4O3.ClH/c30-28(31)22-11-14-24(15-12-22)33-27(29(35)32-18-20-7-3-1-4-8-20)23-13-16-25(34)26(17-23)36-19-21-9-5-2-6-10-21;/h1-17,27,33-34H,18-19H2,(H3,30,31)(H,32,35);1H/t27-;/m0./s1. The van der Waals surface area contributed by atoms with Gasteiger partial charge in [-0.2, -0.15) is 0 Å². The van der Waals surface area contributed by atoms with Crippen molar-refractivity contribution in [3.8, 4) is 11.5 Å². The molecule has 0 spiro atoms. The highest BCUT2D eigenvalue weighted by molar-refractivity contribution is 5.95. The zero-order chi connectivity index (χ0) is 25.3. The number of phenols is 1. The largest absolute Gasteiger partial charge is 0.504 e. The highest BCUT2D eigenvalue weighted by Gasteiger charge is 2.22. The van der Waals surface area contributed by atoms with Gasteiger partial charge in [0.25, 0.3) is 0 Å². The number of hydrogen-bond acceptors (Lipinski definition) is 5. The van der Waals surface area contributed by atoms with Gasteiger partial charge in [0, 0.05) is 17.8 Å². The molecule has 1 amide bonds. The van der Waals surface area contributed by atoms with Crippen LogP contribution in [0.3, 0.4) is 0 Å². The molecule has 0 radical (unpaired) electrons. The monoisotopic (exact) mass is 516 g/mol. The molecule has 4 aromatic rings. The lowest BCUT2D eigenvalue weighted by molar-refractivity contribution is -0.122. The van der Waals surface area contributed by atoms with E-state index in [1.807, 2.05) is 60.7 Å². The third-order valence-corrected chi connectivity index (χ3v) is 5.63. The van der Waals surface area contributed by atoms with Gasteiger partial charge in [-0.3, -0.25) is 10.2 Å². The number of amides is 1. The SMILES string of the molecule is Cl.N=C(N)c1ccc(N[C@H](C(=O)NCc2ccccc2)c2ccc(O)c(OCc3ccccc3)c2)cc1. The predicted molar refractivity (Wildman–Crippen MR) is 148 cm³/mol. The molecule has 0 saturated carbocycles. The molecule has 0 aromatic heterocycles. The Hall–Kier alpha value is -4.49. The van der Waals surface area contributed by atoms with E-state index in [1.54, 1.807) is 36.4 Å². The Kier molecular flexibility index (Phi) is 9.52. The summed E-state index contributed by atoms with van der Waals surface area (Å²) in [5.74, 6) is 0.00141. The van der Waals surface area contributed by atoms with Gasteiger partial charge in [0.1, 0.15) is 18.5 Å². The fraction of sp³-hybridized carbons (Fsp3) is 0.103. The average molecular weight is 517 g/mol. The predicted octanol–water partition coefficient (Wildman–Crippen LogP) is 5.15. The van der Waals surface area contributed by atoms with Crippen LogP contribution in [0.1, 0.15) is 28.3 Å². The number of nitrogens with two attached hydrogens (primary N) is 1. The zero-order valence-corrected chi connectivity index (χ0v) is 20.9. The first kappa shape index (κ1) is 27.1. The number of nitrogens with one attached hydrogen (secondary N) is 3. The number of benzene rings is 4. The summed E-state index contributed by atoms with van der Waals surface area (Å²) in [5, 5.41) is 24.2. The second kappa shape index (κ2) is 13.0. The Labute approximate surface area is 222 Å². The topological polar surface area (TPSA) is 120 Å². The number of carbonyl (C=O) groups excluding carboxylic acids is 1. The van der Waals surface area contributed by atoms with Crippen molar-refractivity contribution in [2.75, 3.05) is 5.32 Å². The van der Waals surface area contributed by atoms with Gasteiger partial charge in [-0.05, 0) is 53.1 Å². The summed E-state index contributed by atoms with van der Waals surface area (Å²) in [6.07, 6.45) is 0. The maximum Gasteiger partial charge on any atom is 0.247 e. The van der Waals surface area contributed by atoms with E-state index in [9.17, 15) is 9.90 Å². The van der Waals surface area contributed by atoms with Crippen molar-refractivity contribution in [2.45, 2.75) is 19.2 Å². The van der Waals surface area contributed by atoms with Crippen molar-refractivity contribution >= 4 is 29.8 Å². The molecule has 0 heterocycles. The molecule has 8 heteroatoms. The number of ether oxygens (including phenoxy) is 1. The van der Waals surface area contributed by atoms with Crippen LogP contribution in [-0.2, 0) is 17.9 Å². The van der Waals surface area contributed by atoms with Crippen LogP contribution >= 0.6 is 12.4 Å². The Bertz CT molecular complexity index is 1320. The fourth-order valence-electron chi connectivity index (χ4n) is 3.66. The van der Waals surface area contributed by atoms with Gasteiger partial charge in [0.15, 0.2) is 11.5 Å².